The molecule has 4 rings (SSSR count). The third-order valence-corrected chi connectivity index (χ3v) is 4.64. The first-order valence-electron chi connectivity index (χ1n) is 6.35. The number of para-hydroxylation sites is 1. The molecule has 0 spiro atoms. The van der Waals surface area contributed by atoms with Gasteiger partial charge in [0.15, 0.2) is 6.10 Å². The molecule has 2 aromatic carbocycles. The second-order valence-corrected chi connectivity index (χ2v) is 6.15. The van der Waals surface area contributed by atoms with Gasteiger partial charge in [-0.1, -0.05) is 23.7 Å². The van der Waals surface area contributed by atoms with Crippen molar-refractivity contribution in [1.29, 1.82) is 0 Å². The maximum absolute atomic E-state index is 6.03. The van der Waals surface area contributed by atoms with E-state index in [0.717, 1.165) is 22.0 Å². The van der Waals surface area contributed by atoms with Gasteiger partial charge in [-0.2, -0.15) is 0 Å². The highest BCUT2D eigenvalue weighted by Crippen LogP contribution is 2.37. The van der Waals surface area contributed by atoms with Gasteiger partial charge in [-0.25, -0.2) is 4.98 Å². The van der Waals surface area contributed by atoms with Crippen LogP contribution < -0.4 is 10.1 Å². The molecule has 1 N–H and O–H groups in total. The van der Waals surface area contributed by atoms with Gasteiger partial charge in [0.05, 0.1) is 22.4 Å². The number of thiazole rings is 1. The summed E-state index contributed by atoms with van der Waals surface area (Å²) >= 11 is 7.69. The predicted molar refractivity (Wildman–Crippen MR) is 82.9 cm³/mol. The number of ether oxygens (including phenoxy) is 1. The molecule has 5 heteroatoms. The van der Waals surface area contributed by atoms with Gasteiger partial charge in [-0.05, 0) is 24.3 Å². The lowest BCUT2D eigenvalue weighted by atomic mass is 10.2. The van der Waals surface area contributed by atoms with Gasteiger partial charge in [0.1, 0.15) is 10.8 Å². The molecule has 0 fully saturated rings. The van der Waals surface area contributed by atoms with E-state index >= 15 is 0 Å². The Balaban J connectivity index is 1.70. The molecule has 0 aliphatic carbocycles. The minimum atomic E-state index is -0.0710. The van der Waals surface area contributed by atoms with Gasteiger partial charge >= 0.3 is 0 Å². The van der Waals surface area contributed by atoms with E-state index in [0.29, 0.717) is 11.6 Å². The van der Waals surface area contributed by atoms with Crippen LogP contribution in [0.4, 0.5) is 5.69 Å². The van der Waals surface area contributed by atoms with Crippen LogP contribution >= 0.6 is 22.9 Å². The fourth-order valence-electron chi connectivity index (χ4n) is 2.30. The highest BCUT2D eigenvalue weighted by molar-refractivity contribution is 7.18. The van der Waals surface area contributed by atoms with Crippen LogP contribution in [0.5, 0.6) is 5.75 Å². The Hall–Kier alpha value is -1.78. The second-order valence-electron chi connectivity index (χ2n) is 4.65. The molecule has 0 saturated heterocycles. The van der Waals surface area contributed by atoms with Crippen LogP contribution in [0.15, 0.2) is 42.5 Å². The molecule has 2 heterocycles. The second kappa shape index (κ2) is 4.65. The van der Waals surface area contributed by atoms with E-state index in [1.807, 2.05) is 36.4 Å². The standard InChI is InChI=1S/C15H11ClN2OS/c16-9-5-6-10-12(7-9)19-13(8-17-10)15-18-11-3-1-2-4-14(11)20-15/h1-7,13,17H,8H2. The van der Waals surface area contributed by atoms with Crippen LogP contribution in [0.3, 0.4) is 0 Å². The fourth-order valence-corrected chi connectivity index (χ4v) is 3.46. The van der Waals surface area contributed by atoms with Crippen molar-refractivity contribution in [2.75, 3.05) is 11.9 Å². The van der Waals surface area contributed by atoms with Crippen molar-refractivity contribution in [1.82, 2.24) is 4.98 Å². The molecule has 1 aliphatic heterocycles. The zero-order valence-corrected chi connectivity index (χ0v) is 12.0. The van der Waals surface area contributed by atoms with E-state index in [1.54, 1.807) is 11.3 Å². The van der Waals surface area contributed by atoms with E-state index in [4.69, 9.17) is 16.3 Å². The van der Waals surface area contributed by atoms with Crippen LogP contribution in [0.25, 0.3) is 10.2 Å². The smallest absolute Gasteiger partial charge is 0.167 e. The number of hydrogen-bond donors (Lipinski definition) is 1. The Kier molecular flexibility index (Phi) is 2.79. The van der Waals surface area contributed by atoms with Crippen molar-refractivity contribution in [2.45, 2.75) is 6.10 Å². The largest absolute Gasteiger partial charge is 0.479 e. The Morgan fingerprint density at radius 3 is 3.05 bits per heavy atom. The minimum Gasteiger partial charge on any atom is -0.479 e. The third-order valence-electron chi connectivity index (χ3n) is 3.28. The first kappa shape index (κ1) is 12.0. The van der Waals surface area contributed by atoms with Crippen molar-refractivity contribution >= 4 is 38.8 Å². The summed E-state index contributed by atoms with van der Waals surface area (Å²) in [5.74, 6) is 0.785. The molecule has 1 atom stereocenters. The first-order chi connectivity index (χ1) is 9.79. The van der Waals surface area contributed by atoms with E-state index in [2.05, 4.69) is 16.4 Å². The van der Waals surface area contributed by atoms with E-state index in [9.17, 15) is 0 Å². The lowest BCUT2D eigenvalue weighted by Gasteiger charge is -2.26. The Bertz CT molecular complexity index is 753. The zero-order valence-electron chi connectivity index (χ0n) is 10.5. The number of benzene rings is 2. The molecular formula is C15H11ClN2OS. The summed E-state index contributed by atoms with van der Waals surface area (Å²) in [7, 11) is 0. The van der Waals surface area contributed by atoms with Crippen molar-refractivity contribution in [3.8, 4) is 5.75 Å². The Labute approximate surface area is 125 Å². The molecule has 20 heavy (non-hydrogen) atoms. The summed E-state index contributed by atoms with van der Waals surface area (Å²) in [5.41, 5.74) is 2.00. The van der Waals surface area contributed by atoms with Crippen LogP contribution in [-0.4, -0.2) is 11.5 Å². The van der Waals surface area contributed by atoms with Crippen LogP contribution in [0, 0.1) is 0 Å². The number of aromatic nitrogens is 1. The summed E-state index contributed by atoms with van der Waals surface area (Å²) in [6.45, 7) is 0.717. The number of halogens is 1. The molecule has 100 valence electrons. The maximum Gasteiger partial charge on any atom is 0.167 e. The van der Waals surface area contributed by atoms with E-state index < -0.39 is 0 Å². The van der Waals surface area contributed by atoms with Gasteiger partial charge in [-0.3, -0.25) is 0 Å². The average molecular weight is 303 g/mol. The first-order valence-corrected chi connectivity index (χ1v) is 7.54. The molecular weight excluding hydrogens is 292 g/mol. The highest BCUT2D eigenvalue weighted by atomic mass is 35.5. The zero-order chi connectivity index (χ0) is 13.5. The van der Waals surface area contributed by atoms with Crippen LogP contribution in [-0.2, 0) is 0 Å². The lowest BCUT2D eigenvalue weighted by Crippen LogP contribution is -2.23. The van der Waals surface area contributed by atoms with Crippen molar-refractivity contribution in [2.24, 2.45) is 0 Å². The van der Waals surface area contributed by atoms with Crippen molar-refractivity contribution in [3.05, 3.63) is 52.5 Å². The molecule has 3 aromatic rings. The molecule has 1 unspecified atom stereocenters. The van der Waals surface area contributed by atoms with E-state index in [1.165, 1.54) is 4.70 Å². The number of hydrogen-bond acceptors (Lipinski definition) is 4. The fraction of sp³-hybridized carbons (Fsp3) is 0.133. The van der Waals surface area contributed by atoms with Gasteiger partial charge in [0.2, 0.25) is 0 Å². The third kappa shape index (κ3) is 2.01. The summed E-state index contributed by atoms with van der Waals surface area (Å²) in [6, 6.07) is 13.8. The van der Waals surface area contributed by atoms with Gasteiger partial charge in [0.25, 0.3) is 0 Å². The molecule has 1 aliphatic rings. The van der Waals surface area contributed by atoms with Gasteiger partial charge < -0.3 is 10.1 Å². The van der Waals surface area contributed by atoms with Crippen LogP contribution in [0.2, 0.25) is 5.02 Å². The quantitative estimate of drug-likeness (QED) is 0.719. The molecule has 1 aromatic heterocycles. The topological polar surface area (TPSA) is 34.1 Å². The summed E-state index contributed by atoms with van der Waals surface area (Å²) < 4.78 is 7.21. The maximum atomic E-state index is 6.03. The predicted octanol–water partition coefficient (Wildman–Crippen LogP) is 4.50. The van der Waals surface area contributed by atoms with Crippen molar-refractivity contribution < 1.29 is 4.74 Å². The monoisotopic (exact) mass is 302 g/mol. The number of nitrogens with zero attached hydrogens (tertiary/aromatic N) is 1. The molecule has 0 saturated carbocycles. The Morgan fingerprint density at radius 1 is 1.25 bits per heavy atom. The molecule has 0 bridgehead atoms. The molecule has 0 amide bonds. The average Bonchev–Trinajstić information content (AvgIpc) is 2.90. The van der Waals surface area contributed by atoms with E-state index in [-0.39, 0.29) is 6.10 Å². The van der Waals surface area contributed by atoms with Crippen LogP contribution in [0.1, 0.15) is 11.1 Å². The summed E-state index contributed by atoms with van der Waals surface area (Å²) in [6.07, 6.45) is -0.0710. The van der Waals surface area contributed by atoms with Crippen molar-refractivity contribution in [3.63, 3.8) is 0 Å². The summed E-state index contributed by atoms with van der Waals surface area (Å²) in [4.78, 5) is 4.65. The molecule has 0 radical (unpaired) electrons. The Morgan fingerprint density at radius 2 is 2.15 bits per heavy atom. The SMILES string of the molecule is Clc1ccc2c(c1)OC(c1nc3ccccc3s1)CN2. The lowest BCUT2D eigenvalue weighted by molar-refractivity contribution is 0.210. The minimum absolute atomic E-state index is 0.0710. The summed E-state index contributed by atoms with van der Waals surface area (Å²) in [5, 5.41) is 5.03. The van der Waals surface area contributed by atoms with Gasteiger partial charge in [-0.15, -0.1) is 11.3 Å². The number of rotatable bonds is 1. The van der Waals surface area contributed by atoms with Gasteiger partial charge in [0, 0.05) is 11.1 Å². The highest BCUT2D eigenvalue weighted by Gasteiger charge is 2.24. The number of anilines is 1. The normalized spacial score (nSPS) is 17.4. The molecule has 3 nitrogen and oxygen atoms in total. The number of nitrogens with one attached hydrogen (secondary N) is 1. The number of fused-ring (bicyclic) bond motifs is 2.